The third-order valence-electron chi connectivity index (χ3n) is 5.12. The number of carbonyl (C=O) groups excluding carboxylic acids is 2. The molecule has 1 atom stereocenters. The van der Waals surface area contributed by atoms with Crippen LogP contribution in [-0.2, 0) is 24.3 Å². The maximum atomic E-state index is 12.5. The monoisotopic (exact) mass is 407 g/mol. The fourth-order valence-electron chi connectivity index (χ4n) is 3.60. The third-order valence-corrected chi connectivity index (χ3v) is 6.45. The van der Waals surface area contributed by atoms with Crippen LogP contribution >= 0.6 is 0 Å². The van der Waals surface area contributed by atoms with Crippen molar-refractivity contribution in [3.05, 3.63) is 29.8 Å². The summed E-state index contributed by atoms with van der Waals surface area (Å²) in [5.74, 6) is -0.685. The molecule has 2 heterocycles. The van der Waals surface area contributed by atoms with Gasteiger partial charge in [0.2, 0.25) is 0 Å². The van der Waals surface area contributed by atoms with E-state index in [1.165, 1.54) is 6.07 Å². The van der Waals surface area contributed by atoms with Gasteiger partial charge < -0.3 is 14.5 Å². The molecule has 1 fully saturated rings. The molecule has 1 saturated heterocycles. The van der Waals surface area contributed by atoms with Crippen molar-refractivity contribution in [2.75, 3.05) is 32.8 Å². The van der Waals surface area contributed by atoms with E-state index in [1.54, 1.807) is 23.1 Å². The summed E-state index contributed by atoms with van der Waals surface area (Å²) in [6.45, 7) is 5.55. The molecule has 3 rings (SSSR count). The zero-order valence-electron chi connectivity index (χ0n) is 16.1. The number of hydrogen-bond donors (Lipinski definition) is 0. The number of ether oxygens (including phenoxy) is 1. The molecule has 1 aromatic rings. The Morgan fingerprint density at radius 1 is 1.25 bits per heavy atom. The van der Waals surface area contributed by atoms with Gasteiger partial charge in [0.1, 0.15) is 4.90 Å². The van der Waals surface area contributed by atoms with Gasteiger partial charge in [-0.2, -0.15) is 8.42 Å². The van der Waals surface area contributed by atoms with E-state index in [-0.39, 0.29) is 17.4 Å². The fraction of sp³-hybridized carbons (Fsp3) is 0.526. The molecular formula is C19H25N3O5S. The standard InChI is InChI=1S/C19H25N3O5S/c1-3-21(4-2)17(23)13-27-19(24)14-8-7-11-22(12-14)18-15-9-5-6-10-16(15)28(25,26)20-18/h5-6,9-10,14H,3-4,7-8,11-13H2,1-2H3/t14-/m0/s1. The van der Waals surface area contributed by atoms with Crippen molar-refractivity contribution < 1.29 is 22.7 Å². The summed E-state index contributed by atoms with van der Waals surface area (Å²) in [4.78, 5) is 28.1. The number of sulfonamides is 1. The van der Waals surface area contributed by atoms with E-state index in [0.717, 1.165) is 0 Å². The Morgan fingerprint density at radius 3 is 2.68 bits per heavy atom. The van der Waals surface area contributed by atoms with Crippen LogP contribution < -0.4 is 0 Å². The van der Waals surface area contributed by atoms with Crippen LogP contribution in [0.4, 0.5) is 0 Å². The minimum Gasteiger partial charge on any atom is -0.455 e. The van der Waals surface area contributed by atoms with E-state index < -0.39 is 21.9 Å². The van der Waals surface area contributed by atoms with Crippen LogP contribution in [0.15, 0.2) is 33.6 Å². The smallest absolute Gasteiger partial charge is 0.311 e. The lowest BCUT2D eigenvalue weighted by atomic mass is 9.97. The molecule has 152 valence electrons. The summed E-state index contributed by atoms with van der Waals surface area (Å²) in [5.41, 5.74) is 0.563. The number of benzene rings is 1. The van der Waals surface area contributed by atoms with Crippen LogP contribution in [0.3, 0.4) is 0 Å². The molecule has 0 spiro atoms. The van der Waals surface area contributed by atoms with Gasteiger partial charge in [-0.1, -0.05) is 12.1 Å². The number of fused-ring (bicyclic) bond motifs is 1. The van der Waals surface area contributed by atoms with Crippen LogP contribution in [-0.4, -0.2) is 68.7 Å². The number of amides is 1. The van der Waals surface area contributed by atoms with E-state index in [4.69, 9.17) is 4.74 Å². The Kier molecular flexibility index (Phi) is 6.02. The van der Waals surface area contributed by atoms with E-state index in [2.05, 4.69) is 4.40 Å². The van der Waals surface area contributed by atoms with Crippen LogP contribution in [0.1, 0.15) is 32.3 Å². The maximum absolute atomic E-state index is 12.5. The Morgan fingerprint density at radius 2 is 1.96 bits per heavy atom. The number of rotatable bonds is 5. The molecule has 2 aliphatic heterocycles. The zero-order chi connectivity index (χ0) is 20.3. The molecule has 8 nitrogen and oxygen atoms in total. The Hall–Kier alpha value is -2.42. The summed E-state index contributed by atoms with van der Waals surface area (Å²) in [6, 6.07) is 6.70. The first kappa shape index (κ1) is 20.3. The number of piperidine rings is 1. The normalized spacial score (nSPS) is 20.3. The molecule has 0 aliphatic carbocycles. The summed E-state index contributed by atoms with van der Waals surface area (Å²) in [5, 5.41) is 0. The van der Waals surface area contributed by atoms with Crippen LogP contribution in [0.25, 0.3) is 0 Å². The average molecular weight is 407 g/mol. The largest absolute Gasteiger partial charge is 0.455 e. The molecule has 2 aliphatic rings. The summed E-state index contributed by atoms with van der Waals surface area (Å²) >= 11 is 0. The quantitative estimate of drug-likeness (QED) is 0.682. The van der Waals surface area contributed by atoms with Gasteiger partial charge in [0, 0.05) is 31.7 Å². The van der Waals surface area contributed by atoms with E-state index >= 15 is 0 Å². The molecule has 9 heteroatoms. The van der Waals surface area contributed by atoms with E-state index in [9.17, 15) is 18.0 Å². The van der Waals surface area contributed by atoms with Gasteiger partial charge in [0.05, 0.1) is 5.92 Å². The van der Waals surface area contributed by atoms with Gasteiger partial charge in [0.15, 0.2) is 12.4 Å². The first-order valence-electron chi connectivity index (χ1n) is 9.51. The zero-order valence-corrected chi connectivity index (χ0v) is 16.9. The minimum atomic E-state index is -3.70. The van der Waals surface area contributed by atoms with Gasteiger partial charge in [-0.25, -0.2) is 0 Å². The summed E-state index contributed by atoms with van der Waals surface area (Å²) in [6.07, 6.45) is 1.35. The van der Waals surface area contributed by atoms with E-state index in [0.29, 0.717) is 50.4 Å². The fourth-order valence-corrected chi connectivity index (χ4v) is 4.82. The van der Waals surface area contributed by atoms with Crippen molar-refractivity contribution in [2.45, 2.75) is 31.6 Å². The van der Waals surface area contributed by atoms with Crippen molar-refractivity contribution in [1.29, 1.82) is 0 Å². The lowest BCUT2D eigenvalue weighted by Gasteiger charge is -2.33. The highest BCUT2D eigenvalue weighted by Crippen LogP contribution is 2.29. The maximum Gasteiger partial charge on any atom is 0.311 e. The molecule has 1 aromatic carbocycles. The second-order valence-corrected chi connectivity index (χ2v) is 8.42. The van der Waals surface area contributed by atoms with Gasteiger partial charge in [0.25, 0.3) is 15.9 Å². The first-order valence-corrected chi connectivity index (χ1v) is 10.9. The summed E-state index contributed by atoms with van der Waals surface area (Å²) < 4.78 is 33.7. The number of esters is 1. The minimum absolute atomic E-state index is 0.194. The molecular weight excluding hydrogens is 382 g/mol. The lowest BCUT2D eigenvalue weighted by Crippen LogP contribution is -2.43. The van der Waals surface area contributed by atoms with Gasteiger partial charge in [-0.05, 0) is 38.8 Å². The molecule has 28 heavy (non-hydrogen) atoms. The highest BCUT2D eigenvalue weighted by molar-refractivity contribution is 7.90. The van der Waals surface area contributed by atoms with Crippen LogP contribution in [0.5, 0.6) is 0 Å². The average Bonchev–Trinajstić information content (AvgIpc) is 2.98. The topological polar surface area (TPSA) is 96.3 Å². The molecule has 0 unspecified atom stereocenters. The highest BCUT2D eigenvalue weighted by Gasteiger charge is 2.35. The molecule has 0 aromatic heterocycles. The Bertz CT molecular complexity index is 893. The number of likely N-dealkylation sites (tertiary alicyclic amines) is 1. The number of likely N-dealkylation sites (N-methyl/N-ethyl adjacent to an activating group) is 1. The Labute approximate surface area is 165 Å². The number of amidine groups is 1. The molecule has 0 radical (unpaired) electrons. The third kappa shape index (κ3) is 4.04. The second kappa shape index (κ2) is 8.30. The highest BCUT2D eigenvalue weighted by atomic mass is 32.2. The molecule has 0 bridgehead atoms. The van der Waals surface area contributed by atoms with Crippen molar-refractivity contribution in [1.82, 2.24) is 9.80 Å². The summed E-state index contributed by atoms with van der Waals surface area (Å²) in [7, 11) is -3.70. The Balaban J connectivity index is 1.67. The second-order valence-electron chi connectivity index (χ2n) is 6.85. The van der Waals surface area contributed by atoms with Gasteiger partial charge in [-0.15, -0.1) is 4.40 Å². The van der Waals surface area contributed by atoms with Gasteiger partial charge >= 0.3 is 5.97 Å². The van der Waals surface area contributed by atoms with Crippen molar-refractivity contribution >= 4 is 27.7 Å². The van der Waals surface area contributed by atoms with Crippen molar-refractivity contribution in [2.24, 2.45) is 10.3 Å². The van der Waals surface area contributed by atoms with Crippen LogP contribution in [0.2, 0.25) is 0 Å². The number of hydrogen-bond acceptors (Lipinski definition) is 6. The molecule has 1 amide bonds. The number of nitrogens with zero attached hydrogens (tertiary/aromatic N) is 3. The van der Waals surface area contributed by atoms with Crippen molar-refractivity contribution in [3.8, 4) is 0 Å². The van der Waals surface area contributed by atoms with E-state index in [1.807, 2.05) is 18.7 Å². The number of carbonyl (C=O) groups is 2. The first-order chi connectivity index (χ1) is 13.4. The van der Waals surface area contributed by atoms with Gasteiger partial charge in [-0.3, -0.25) is 9.59 Å². The molecule has 0 saturated carbocycles. The predicted molar refractivity (Wildman–Crippen MR) is 103 cm³/mol. The van der Waals surface area contributed by atoms with Crippen LogP contribution in [0, 0.1) is 5.92 Å². The SMILES string of the molecule is CCN(CC)C(=O)COC(=O)[C@H]1CCCN(C2=NS(=O)(=O)c3ccccc32)C1. The lowest BCUT2D eigenvalue weighted by molar-refractivity contribution is -0.156. The molecule has 0 N–H and O–H groups in total. The predicted octanol–water partition coefficient (Wildman–Crippen LogP) is 1.26. The van der Waals surface area contributed by atoms with Crippen molar-refractivity contribution in [3.63, 3.8) is 0 Å².